The average molecular weight is 557 g/mol. The molecule has 8 rings (SSSR count). The molecule has 1 heterocycles. The van der Waals surface area contributed by atoms with Crippen molar-refractivity contribution >= 4 is 29.4 Å². The number of anilines is 1. The Morgan fingerprint density at radius 2 is 1.19 bits per heavy atom. The lowest BCUT2D eigenvalue weighted by Crippen LogP contribution is -2.41. The maximum atomic E-state index is 14.1. The van der Waals surface area contributed by atoms with Crippen molar-refractivity contribution in [2.75, 3.05) is 11.5 Å². The summed E-state index contributed by atoms with van der Waals surface area (Å²) in [4.78, 5) is 55.3. The Balaban J connectivity index is 1.15. The van der Waals surface area contributed by atoms with Gasteiger partial charge in [-0.3, -0.25) is 14.4 Å². The molecular weight excluding hydrogens is 528 g/mol. The van der Waals surface area contributed by atoms with E-state index < -0.39 is 30.3 Å². The summed E-state index contributed by atoms with van der Waals surface area (Å²) in [6, 6.07) is 31.7. The van der Waals surface area contributed by atoms with Gasteiger partial charge in [-0.05, 0) is 46.9 Å². The molecule has 1 saturated heterocycles. The minimum absolute atomic E-state index is 0.0594. The number of rotatable bonds is 6. The average Bonchev–Trinajstić information content (AvgIpc) is 3.30. The van der Waals surface area contributed by atoms with Gasteiger partial charge in [0, 0.05) is 11.8 Å². The molecule has 7 heteroatoms. The number of nitrogens with zero attached hydrogens (tertiary/aromatic N) is 1. The van der Waals surface area contributed by atoms with Gasteiger partial charge in [0.25, 0.3) is 5.91 Å². The summed E-state index contributed by atoms with van der Waals surface area (Å²) >= 11 is 0. The van der Waals surface area contributed by atoms with Crippen molar-refractivity contribution in [3.63, 3.8) is 0 Å². The third-order valence-corrected chi connectivity index (χ3v) is 8.82. The fourth-order valence-electron chi connectivity index (χ4n) is 7.07. The number of carbonyl (C=O) groups is 4. The Kier molecular flexibility index (Phi) is 6.23. The van der Waals surface area contributed by atoms with E-state index in [0.29, 0.717) is 0 Å². The van der Waals surface area contributed by atoms with Gasteiger partial charge in [0.05, 0.1) is 29.1 Å². The van der Waals surface area contributed by atoms with Crippen LogP contribution in [0.3, 0.4) is 0 Å². The molecule has 208 valence electrons. The van der Waals surface area contributed by atoms with Crippen LogP contribution in [0.2, 0.25) is 0 Å². The molecule has 1 fully saturated rings. The molecule has 1 aliphatic heterocycles. The van der Waals surface area contributed by atoms with Gasteiger partial charge in [-0.2, -0.15) is 0 Å². The summed E-state index contributed by atoms with van der Waals surface area (Å²) in [5, 5.41) is 2.82. The number of imide groups is 1. The van der Waals surface area contributed by atoms with Crippen LogP contribution in [0.15, 0.2) is 103 Å². The number of carbonyl (C=O) groups excluding carboxylic acids is 4. The number of ether oxygens (including phenoxy) is 1. The first-order valence-electron chi connectivity index (χ1n) is 14.1. The minimum Gasteiger partial charge on any atom is -0.452 e. The fraction of sp³-hybridized carbons (Fsp3) is 0.200. The normalized spacial score (nSPS) is 22.2. The van der Waals surface area contributed by atoms with Gasteiger partial charge in [-0.15, -0.1) is 0 Å². The van der Waals surface area contributed by atoms with Crippen molar-refractivity contribution in [2.24, 2.45) is 11.8 Å². The van der Waals surface area contributed by atoms with Crippen LogP contribution in [0.1, 0.15) is 63.0 Å². The molecule has 3 aliphatic carbocycles. The molecule has 0 radical (unpaired) electrons. The van der Waals surface area contributed by atoms with E-state index in [1.54, 1.807) is 18.2 Å². The molecule has 4 aliphatic rings. The smallest absolute Gasteiger partial charge is 0.340 e. The van der Waals surface area contributed by atoms with Crippen LogP contribution in [0.25, 0.3) is 0 Å². The molecule has 3 amide bonds. The molecule has 1 N–H and O–H groups in total. The standard InChI is InChI=1S/C35H28N2O5/c1-20(21-11-3-2-4-12-21)36-28(38)19-42-35(41)26-17-9-10-18-27(26)37-33(39)31-29-22-13-5-6-14-23(22)30(32(31)34(37)40)25-16-8-7-15-24(25)29/h2-18,20,29-32H,19H2,1H3,(H,36,38)/t20-,29?,30?,31-,32-/m0/s1. The zero-order chi connectivity index (χ0) is 29.0. The molecule has 4 aromatic rings. The number of benzene rings is 4. The summed E-state index contributed by atoms with van der Waals surface area (Å²) in [5.41, 5.74) is 5.47. The molecule has 0 aromatic heterocycles. The Hall–Kier alpha value is -5.04. The van der Waals surface area contributed by atoms with Gasteiger partial charge >= 0.3 is 5.97 Å². The van der Waals surface area contributed by atoms with E-state index in [1.165, 1.54) is 11.0 Å². The third-order valence-electron chi connectivity index (χ3n) is 8.82. The van der Waals surface area contributed by atoms with Crippen LogP contribution >= 0.6 is 0 Å². The van der Waals surface area contributed by atoms with E-state index in [2.05, 4.69) is 29.6 Å². The van der Waals surface area contributed by atoms with Crippen LogP contribution in [-0.2, 0) is 19.1 Å². The van der Waals surface area contributed by atoms with Crippen molar-refractivity contribution in [1.82, 2.24) is 5.32 Å². The maximum absolute atomic E-state index is 14.1. The number of hydrogen-bond acceptors (Lipinski definition) is 5. The zero-order valence-corrected chi connectivity index (χ0v) is 22.9. The van der Waals surface area contributed by atoms with Crippen LogP contribution in [0.4, 0.5) is 5.69 Å². The Morgan fingerprint density at radius 1 is 0.714 bits per heavy atom. The van der Waals surface area contributed by atoms with E-state index >= 15 is 0 Å². The summed E-state index contributed by atoms with van der Waals surface area (Å²) in [7, 11) is 0. The van der Waals surface area contributed by atoms with Crippen molar-refractivity contribution in [1.29, 1.82) is 0 Å². The highest BCUT2D eigenvalue weighted by atomic mass is 16.5. The van der Waals surface area contributed by atoms with E-state index in [4.69, 9.17) is 4.74 Å². The second-order valence-electron chi connectivity index (χ2n) is 11.1. The van der Waals surface area contributed by atoms with Gasteiger partial charge in [-0.1, -0.05) is 91.0 Å². The van der Waals surface area contributed by atoms with Crippen molar-refractivity contribution in [2.45, 2.75) is 24.8 Å². The van der Waals surface area contributed by atoms with E-state index in [-0.39, 0.29) is 40.9 Å². The molecule has 0 saturated carbocycles. The number of nitrogens with one attached hydrogen (secondary N) is 1. The first-order valence-corrected chi connectivity index (χ1v) is 14.1. The van der Waals surface area contributed by atoms with Gasteiger partial charge in [0.2, 0.25) is 11.8 Å². The van der Waals surface area contributed by atoms with Crippen LogP contribution in [0.5, 0.6) is 0 Å². The first-order chi connectivity index (χ1) is 20.5. The van der Waals surface area contributed by atoms with Crippen molar-refractivity contribution in [3.8, 4) is 0 Å². The van der Waals surface area contributed by atoms with Crippen LogP contribution < -0.4 is 10.2 Å². The van der Waals surface area contributed by atoms with Crippen LogP contribution in [-0.4, -0.2) is 30.3 Å². The molecule has 0 unspecified atom stereocenters. The Labute approximate surface area is 243 Å². The summed E-state index contributed by atoms with van der Waals surface area (Å²) < 4.78 is 5.37. The summed E-state index contributed by atoms with van der Waals surface area (Å²) in [5.74, 6) is -3.51. The zero-order valence-electron chi connectivity index (χ0n) is 22.9. The lowest BCUT2D eigenvalue weighted by atomic mass is 9.55. The lowest BCUT2D eigenvalue weighted by Gasteiger charge is -2.45. The van der Waals surface area contributed by atoms with Gasteiger partial charge in [0.15, 0.2) is 6.61 Å². The molecule has 3 atom stereocenters. The topological polar surface area (TPSA) is 92.8 Å². The Bertz CT molecular complexity index is 1630. The second-order valence-corrected chi connectivity index (χ2v) is 11.1. The van der Waals surface area contributed by atoms with Gasteiger partial charge in [0.1, 0.15) is 0 Å². The molecule has 42 heavy (non-hydrogen) atoms. The highest BCUT2D eigenvalue weighted by Crippen LogP contribution is 2.61. The molecule has 2 bridgehead atoms. The van der Waals surface area contributed by atoms with Crippen LogP contribution in [0, 0.1) is 11.8 Å². The highest BCUT2D eigenvalue weighted by molar-refractivity contribution is 6.25. The highest BCUT2D eigenvalue weighted by Gasteiger charge is 2.62. The lowest BCUT2D eigenvalue weighted by molar-refractivity contribution is -0.125. The van der Waals surface area contributed by atoms with E-state index in [0.717, 1.165) is 27.8 Å². The predicted octanol–water partition coefficient (Wildman–Crippen LogP) is 5.12. The minimum atomic E-state index is -0.780. The first kappa shape index (κ1) is 25.9. The third kappa shape index (κ3) is 3.96. The summed E-state index contributed by atoms with van der Waals surface area (Å²) in [6.45, 7) is 1.35. The van der Waals surface area contributed by atoms with E-state index in [9.17, 15) is 19.2 Å². The summed E-state index contributed by atoms with van der Waals surface area (Å²) in [6.07, 6.45) is 0. The monoisotopic (exact) mass is 556 g/mol. The number of hydrogen-bond donors (Lipinski definition) is 1. The number of amides is 3. The quantitative estimate of drug-likeness (QED) is 0.263. The predicted molar refractivity (Wildman–Crippen MR) is 156 cm³/mol. The second kappa shape index (κ2) is 10.1. The number of esters is 1. The molecule has 0 spiro atoms. The van der Waals surface area contributed by atoms with Crippen molar-refractivity contribution < 1.29 is 23.9 Å². The van der Waals surface area contributed by atoms with Gasteiger partial charge in [-0.25, -0.2) is 9.69 Å². The Morgan fingerprint density at radius 3 is 1.74 bits per heavy atom. The molecule has 7 nitrogen and oxygen atoms in total. The fourth-order valence-corrected chi connectivity index (χ4v) is 7.07. The largest absolute Gasteiger partial charge is 0.452 e. The molecule has 4 aromatic carbocycles. The maximum Gasteiger partial charge on any atom is 0.340 e. The van der Waals surface area contributed by atoms with Gasteiger partial charge < -0.3 is 10.1 Å². The number of para-hydroxylation sites is 1. The van der Waals surface area contributed by atoms with Crippen molar-refractivity contribution in [3.05, 3.63) is 137 Å². The van der Waals surface area contributed by atoms with E-state index in [1.807, 2.05) is 61.5 Å². The molecular formula is C35H28N2O5. The SMILES string of the molecule is C[C@H](NC(=O)COC(=O)c1ccccc1N1C(=O)[C@H]2C3c4ccccc4C(c4ccccc43)[C@@H]2C1=O)c1ccccc1.